The van der Waals surface area contributed by atoms with Crippen LogP contribution in [0.25, 0.3) is 11.0 Å². The maximum absolute atomic E-state index is 4.41. The van der Waals surface area contributed by atoms with Crippen LogP contribution in [-0.4, -0.2) is 9.55 Å². The summed E-state index contributed by atoms with van der Waals surface area (Å²) < 4.78 is 2.27. The zero-order valence-corrected chi connectivity index (χ0v) is 10.9. The number of imidazole rings is 1. The molecule has 0 aliphatic rings. The van der Waals surface area contributed by atoms with Crippen LogP contribution in [-0.2, 0) is 6.54 Å². The molecule has 1 heterocycles. The van der Waals surface area contributed by atoms with E-state index >= 15 is 0 Å². The highest BCUT2D eigenvalue weighted by Crippen LogP contribution is 2.15. The van der Waals surface area contributed by atoms with Crippen LogP contribution >= 0.6 is 0 Å². The van der Waals surface area contributed by atoms with Gasteiger partial charge in [-0.1, -0.05) is 45.2 Å². The second kappa shape index (κ2) is 5.85. The molecule has 0 amide bonds. The van der Waals surface area contributed by atoms with Gasteiger partial charge in [-0.3, -0.25) is 0 Å². The summed E-state index contributed by atoms with van der Waals surface area (Å²) in [6.07, 6.45) is 7.19. The SMILES string of the molecule is CCC(C)CCCCn1cnc2ccccc21. The minimum atomic E-state index is 0.870. The van der Waals surface area contributed by atoms with Crippen molar-refractivity contribution in [3.05, 3.63) is 30.6 Å². The third-order valence-corrected chi connectivity index (χ3v) is 3.57. The highest BCUT2D eigenvalue weighted by Gasteiger charge is 2.02. The normalized spacial score (nSPS) is 13.1. The highest BCUT2D eigenvalue weighted by molar-refractivity contribution is 5.74. The van der Waals surface area contributed by atoms with Crippen molar-refractivity contribution < 1.29 is 0 Å². The summed E-state index contributed by atoms with van der Waals surface area (Å²) in [6.45, 7) is 5.71. The molecular formula is C15H22N2. The molecule has 0 aliphatic heterocycles. The van der Waals surface area contributed by atoms with E-state index in [4.69, 9.17) is 0 Å². The number of nitrogens with zero attached hydrogens (tertiary/aromatic N) is 2. The van der Waals surface area contributed by atoms with Crippen LogP contribution in [0.1, 0.15) is 39.5 Å². The first-order valence-electron chi connectivity index (χ1n) is 6.71. The minimum Gasteiger partial charge on any atom is -0.331 e. The summed E-state index contributed by atoms with van der Waals surface area (Å²) in [5.41, 5.74) is 2.37. The molecule has 2 nitrogen and oxygen atoms in total. The Morgan fingerprint density at radius 3 is 2.88 bits per heavy atom. The van der Waals surface area contributed by atoms with Crippen molar-refractivity contribution in [3.63, 3.8) is 0 Å². The van der Waals surface area contributed by atoms with Crippen LogP contribution in [0.5, 0.6) is 0 Å². The van der Waals surface area contributed by atoms with Crippen LogP contribution in [0, 0.1) is 5.92 Å². The molecule has 17 heavy (non-hydrogen) atoms. The number of aromatic nitrogens is 2. The molecule has 1 atom stereocenters. The summed E-state index contributed by atoms with van der Waals surface area (Å²) in [6, 6.07) is 8.35. The first-order valence-corrected chi connectivity index (χ1v) is 6.71. The van der Waals surface area contributed by atoms with Crippen molar-refractivity contribution in [2.45, 2.75) is 46.1 Å². The van der Waals surface area contributed by atoms with Crippen molar-refractivity contribution in [1.29, 1.82) is 0 Å². The summed E-state index contributed by atoms with van der Waals surface area (Å²) in [5, 5.41) is 0. The Hall–Kier alpha value is -1.31. The predicted octanol–water partition coefficient (Wildman–Crippen LogP) is 4.25. The lowest BCUT2D eigenvalue weighted by Gasteiger charge is -2.08. The smallest absolute Gasteiger partial charge is 0.0958 e. The average molecular weight is 230 g/mol. The van der Waals surface area contributed by atoms with Gasteiger partial charge in [-0.15, -0.1) is 0 Å². The van der Waals surface area contributed by atoms with E-state index in [1.54, 1.807) is 0 Å². The van der Waals surface area contributed by atoms with Gasteiger partial charge in [-0.2, -0.15) is 0 Å². The number of para-hydroxylation sites is 2. The maximum atomic E-state index is 4.41. The quantitative estimate of drug-likeness (QED) is 0.678. The zero-order valence-electron chi connectivity index (χ0n) is 10.9. The van der Waals surface area contributed by atoms with Gasteiger partial charge in [0.25, 0.3) is 0 Å². The molecule has 0 radical (unpaired) electrons. The molecule has 2 heteroatoms. The van der Waals surface area contributed by atoms with Crippen LogP contribution in [0.4, 0.5) is 0 Å². The number of hydrogen-bond donors (Lipinski definition) is 0. The summed E-state index contributed by atoms with van der Waals surface area (Å²) in [5.74, 6) is 0.870. The number of rotatable bonds is 6. The lowest BCUT2D eigenvalue weighted by Crippen LogP contribution is -1.98. The van der Waals surface area contributed by atoms with Gasteiger partial charge in [0.15, 0.2) is 0 Å². The van der Waals surface area contributed by atoms with E-state index in [-0.39, 0.29) is 0 Å². The van der Waals surface area contributed by atoms with Gasteiger partial charge in [0.2, 0.25) is 0 Å². The predicted molar refractivity (Wildman–Crippen MR) is 73.0 cm³/mol. The second-order valence-corrected chi connectivity index (χ2v) is 4.94. The van der Waals surface area contributed by atoms with Crippen molar-refractivity contribution in [1.82, 2.24) is 9.55 Å². The van der Waals surface area contributed by atoms with Gasteiger partial charge in [-0.25, -0.2) is 4.98 Å². The van der Waals surface area contributed by atoms with E-state index in [0.717, 1.165) is 18.0 Å². The third-order valence-electron chi connectivity index (χ3n) is 3.57. The molecule has 1 aromatic heterocycles. The van der Waals surface area contributed by atoms with E-state index in [0.29, 0.717) is 0 Å². The fourth-order valence-electron chi connectivity index (χ4n) is 2.17. The first-order chi connectivity index (χ1) is 8.31. The van der Waals surface area contributed by atoms with Crippen molar-refractivity contribution in [2.24, 2.45) is 5.92 Å². The van der Waals surface area contributed by atoms with Gasteiger partial charge in [-0.05, 0) is 24.5 Å². The van der Waals surface area contributed by atoms with E-state index in [2.05, 4.69) is 41.6 Å². The standard InChI is InChI=1S/C15H22N2/c1-3-13(2)8-6-7-11-17-12-16-14-9-4-5-10-15(14)17/h4-5,9-10,12-13H,3,6-8,11H2,1-2H3. The van der Waals surface area contributed by atoms with Gasteiger partial charge >= 0.3 is 0 Å². The van der Waals surface area contributed by atoms with Crippen LogP contribution in [0.2, 0.25) is 0 Å². The fraction of sp³-hybridized carbons (Fsp3) is 0.533. The van der Waals surface area contributed by atoms with E-state index in [1.807, 2.05) is 12.4 Å². The molecule has 0 saturated carbocycles. The summed E-state index contributed by atoms with van der Waals surface area (Å²) in [7, 11) is 0. The number of benzene rings is 1. The zero-order chi connectivity index (χ0) is 12.1. The molecule has 0 spiro atoms. The number of aryl methyl sites for hydroxylation is 1. The van der Waals surface area contributed by atoms with Crippen LogP contribution < -0.4 is 0 Å². The lowest BCUT2D eigenvalue weighted by molar-refractivity contribution is 0.470. The highest BCUT2D eigenvalue weighted by atomic mass is 15.0. The Kier molecular flexibility index (Phi) is 4.18. The molecule has 2 aromatic rings. The summed E-state index contributed by atoms with van der Waals surface area (Å²) >= 11 is 0. The maximum Gasteiger partial charge on any atom is 0.0958 e. The fourth-order valence-corrected chi connectivity index (χ4v) is 2.17. The van der Waals surface area contributed by atoms with Gasteiger partial charge in [0.05, 0.1) is 17.4 Å². The molecule has 2 rings (SSSR count). The Morgan fingerprint density at radius 2 is 2.06 bits per heavy atom. The van der Waals surface area contributed by atoms with Gasteiger partial charge < -0.3 is 4.57 Å². The van der Waals surface area contributed by atoms with Gasteiger partial charge in [0.1, 0.15) is 0 Å². The molecular weight excluding hydrogens is 208 g/mol. The third kappa shape index (κ3) is 3.09. The van der Waals surface area contributed by atoms with Crippen molar-refractivity contribution >= 4 is 11.0 Å². The Morgan fingerprint density at radius 1 is 1.24 bits per heavy atom. The molecule has 1 unspecified atom stereocenters. The molecule has 0 bridgehead atoms. The largest absolute Gasteiger partial charge is 0.331 e. The topological polar surface area (TPSA) is 17.8 Å². The van der Waals surface area contributed by atoms with Crippen LogP contribution in [0.15, 0.2) is 30.6 Å². The van der Waals surface area contributed by atoms with E-state index < -0.39 is 0 Å². The van der Waals surface area contributed by atoms with Crippen molar-refractivity contribution in [3.8, 4) is 0 Å². The Bertz CT molecular complexity index is 459. The van der Waals surface area contributed by atoms with Crippen molar-refractivity contribution in [2.75, 3.05) is 0 Å². The number of hydrogen-bond acceptors (Lipinski definition) is 1. The lowest BCUT2D eigenvalue weighted by atomic mass is 10.0. The summed E-state index contributed by atoms with van der Waals surface area (Å²) in [4.78, 5) is 4.41. The van der Waals surface area contributed by atoms with E-state index in [1.165, 1.54) is 31.2 Å². The number of fused-ring (bicyclic) bond motifs is 1. The Labute approximate surface area is 104 Å². The molecule has 92 valence electrons. The monoisotopic (exact) mass is 230 g/mol. The first kappa shape index (κ1) is 12.2. The van der Waals surface area contributed by atoms with Crippen LogP contribution in [0.3, 0.4) is 0 Å². The van der Waals surface area contributed by atoms with Gasteiger partial charge in [0, 0.05) is 6.54 Å². The molecule has 0 saturated heterocycles. The molecule has 0 N–H and O–H groups in total. The second-order valence-electron chi connectivity index (χ2n) is 4.94. The number of unbranched alkanes of at least 4 members (excludes halogenated alkanes) is 1. The average Bonchev–Trinajstić information content (AvgIpc) is 2.78. The van der Waals surface area contributed by atoms with E-state index in [9.17, 15) is 0 Å². The minimum absolute atomic E-state index is 0.870. The Balaban J connectivity index is 1.87. The molecule has 0 aliphatic carbocycles. The molecule has 1 aromatic carbocycles. The molecule has 0 fully saturated rings.